The summed E-state index contributed by atoms with van der Waals surface area (Å²) in [4.78, 5) is 88.0. The molecule has 2 atom stereocenters. The molecule has 2 aromatic carbocycles. The molecule has 27 nitrogen and oxygen atoms in total. The second-order valence-electron chi connectivity index (χ2n) is 23.2. The highest BCUT2D eigenvalue weighted by Crippen LogP contribution is 2.20. The minimum atomic E-state index is -1.11. The predicted octanol–water partition coefficient (Wildman–Crippen LogP) is 4.93. The second-order valence-corrected chi connectivity index (χ2v) is 23.2. The lowest BCUT2D eigenvalue weighted by atomic mass is 9.92. The first kappa shape index (κ1) is 84.3. The number of carbonyl (C=O) groups excluding carboxylic acids is 6. The van der Waals surface area contributed by atoms with E-state index in [0.717, 1.165) is 11.1 Å². The molecule has 0 aliphatic heterocycles. The van der Waals surface area contributed by atoms with Crippen molar-refractivity contribution in [2.24, 2.45) is 5.92 Å². The van der Waals surface area contributed by atoms with Gasteiger partial charge in [0.15, 0.2) is 19.0 Å². The van der Waals surface area contributed by atoms with Crippen LogP contribution in [-0.4, -0.2) is 256 Å². The first-order valence-corrected chi connectivity index (χ1v) is 32.3. The predicted molar refractivity (Wildman–Crippen MR) is 343 cm³/mol. The van der Waals surface area contributed by atoms with Crippen molar-refractivity contribution in [3.63, 3.8) is 0 Å². The van der Waals surface area contributed by atoms with Crippen LogP contribution in [0.15, 0.2) is 48.5 Å². The van der Waals surface area contributed by atoms with Gasteiger partial charge in [-0.25, -0.2) is 9.59 Å². The van der Waals surface area contributed by atoms with E-state index in [2.05, 4.69) is 10.6 Å². The van der Waals surface area contributed by atoms with Crippen molar-refractivity contribution < 1.29 is 119 Å². The summed E-state index contributed by atoms with van der Waals surface area (Å²) in [5, 5.41) is 14.7. The third-order valence-corrected chi connectivity index (χ3v) is 12.6. The van der Waals surface area contributed by atoms with Crippen molar-refractivity contribution in [1.29, 1.82) is 0 Å². The van der Waals surface area contributed by atoms with E-state index in [1.54, 1.807) is 76.4 Å². The van der Waals surface area contributed by atoms with E-state index in [0.29, 0.717) is 136 Å². The van der Waals surface area contributed by atoms with Crippen LogP contribution in [0.25, 0.3) is 0 Å². The summed E-state index contributed by atoms with van der Waals surface area (Å²) < 4.78 is 93.0. The minimum Gasteiger partial charge on any atom is -0.482 e. The summed E-state index contributed by atoms with van der Waals surface area (Å²) >= 11 is 0. The van der Waals surface area contributed by atoms with Crippen LogP contribution in [0.3, 0.4) is 0 Å². The van der Waals surface area contributed by atoms with Gasteiger partial charge in [0.05, 0.1) is 158 Å². The van der Waals surface area contributed by atoms with Crippen molar-refractivity contribution in [3.05, 3.63) is 59.7 Å². The number of rotatable bonds is 62. The number of Topliss-reactive ketones (excluding diaryl/α,β-unsaturated/α-hetero) is 2. The SMILES string of the molecule is COCCOCCOCCOCCOCCCC(=O)C(Cc1ccc(OCC(=O)O)cc1)NC(=O)CCOCCOCCOCCOCCNC(=O)C(CC(=O)CCOCCOCCOCCOCCCC(=O)OC(C)(C)C)Cc1ccc(OCC(=O)OC(C)(C)C)cc1. The third kappa shape index (κ3) is 50.6. The van der Waals surface area contributed by atoms with Crippen LogP contribution in [0.5, 0.6) is 11.5 Å². The Hall–Kier alpha value is -5.79. The smallest absolute Gasteiger partial charge is 0.344 e. The van der Waals surface area contributed by atoms with Crippen molar-refractivity contribution in [3.8, 4) is 11.5 Å². The molecule has 27 heteroatoms. The lowest BCUT2D eigenvalue weighted by Crippen LogP contribution is -2.42. The molecular weight excluding hydrogens is 1230 g/mol. The molecule has 2 unspecified atom stereocenters. The number of carbonyl (C=O) groups is 7. The van der Waals surface area contributed by atoms with E-state index >= 15 is 0 Å². The van der Waals surface area contributed by atoms with E-state index < -0.39 is 41.7 Å². The average molecular weight is 1340 g/mol. The monoisotopic (exact) mass is 1340 g/mol. The number of carboxylic acids is 1. The van der Waals surface area contributed by atoms with Gasteiger partial charge >= 0.3 is 17.9 Å². The minimum absolute atomic E-state index is 0.00967. The van der Waals surface area contributed by atoms with Gasteiger partial charge in [-0.3, -0.25) is 24.0 Å². The summed E-state index contributed by atoms with van der Waals surface area (Å²) in [7, 11) is 1.61. The summed E-state index contributed by atoms with van der Waals surface area (Å²) in [6.07, 6.45) is 2.05. The number of methoxy groups -OCH3 is 1. The molecule has 0 heterocycles. The Labute approximate surface area is 555 Å². The number of ketones is 2. The highest BCUT2D eigenvalue weighted by molar-refractivity contribution is 5.89. The van der Waals surface area contributed by atoms with E-state index in [4.69, 9.17) is 85.6 Å². The highest BCUT2D eigenvalue weighted by Gasteiger charge is 2.24. The number of hydrogen-bond donors (Lipinski definition) is 3. The first-order valence-electron chi connectivity index (χ1n) is 32.3. The molecule has 0 aromatic heterocycles. The third-order valence-electron chi connectivity index (χ3n) is 12.6. The number of benzene rings is 2. The zero-order chi connectivity index (χ0) is 68.8. The average Bonchev–Trinajstić information content (AvgIpc) is 1.23. The molecule has 2 amide bonds. The molecule has 0 saturated heterocycles. The Bertz CT molecular complexity index is 2310. The number of amides is 2. The molecule has 2 rings (SSSR count). The van der Waals surface area contributed by atoms with E-state index in [9.17, 15) is 33.6 Å². The van der Waals surface area contributed by atoms with Crippen molar-refractivity contribution in [1.82, 2.24) is 10.6 Å². The van der Waals surface area contributed by atoms with Gasteiger partial charge in [0.1, 0.15) is 28.5 Å². The molecular formula is C67H108N2O25. The largest absolute Gasteiger partial charge is 0.482 e. The van der Waals surface area contributed by atoms with Gasteiger partial charge in [-0.2, -0.15) is 0 Å². The number of nitrogens with one attached hydrogen (secondary N) is 2. The summed E-state index contributed by atoms with van der Waals surface area (Å²) in [5.41, 5.74) is 0.380. The normalized spacial score (nSPS) is 12.2. The molecule has 0 fully saturated rings. The Morgan fingerprint density at radius 2 is 0.809 bits per heavy atom. The maximum Gasteiger partial charge on any atom is 0.344 e. The van der Waals surface area contributed by atoms with Crippen molar-refractivity contribution in [2.45, 2.75) is 117 Å². The molecule has 0 bridgehead atoms. The Balaban J connectivity index is 1.67. The van der Waals surface area contributed by atoms with Gasteiger partial charge in [-0.15, -0.1) is 0 Å². The standard InChI is InChI=1S/C67H108N2O25/c1-66(2,3)93-63(75)11-9-24-80-31-36-86-42-44-87-37-32-81-25-20-56(70)50-55(48-53-12-16-58(17-13-53)92-52-64(76)94-67(4,5)6)65(77)68-22-27-83-34-39-89-46-45-88-38-33-82-26-21-61(72)69-59(49-54-14-18-57(19-15-54)91-51-62(73)74)60(71)10-8-23-79-30-35-85-43-47-90-41-40-84-29-28-78-7/h12-19,55,59H,8-11,20-52H2,1-7H3,(H,68,77)(H,69,72)(H,73,74). The molecule has 0 saturated carbocycles. The Morgan fingerprint density at radius 1 is 0.426 bits per heavy atom. The van der Waals surface area contributed by atoms with Gasteiger partial charge < -0.3 is 96.3 Å². The molecule has 0 aliphatic rings. The van der Waals surface area contributed by atoms with Crippen molar-refractivity contribution in [2.75, 3.05) is 192 Å². The number of aliphatic carboxylic acids is 1. The fourth-order valence-electron chi connectivity index (χ4n) is 8.17. The maximum atomic E-state index is 13.5. The first-order chi connectivity index (χ1) is 45.2. The number of ether oxygens (including phenoxy) is 17. The summed E-state index contributed by atoms with van der Waals surface area (Å²) in [6.45, 7) is 18.7. The quantitative estimate of drug-likeness (QED) is 0.0584. The number of carboxylic acid groups (broad SMARTS) is 1. The zero-order valence-electron chi connectivity index (χ0n) is 56.7. The molecule has 0 aliphatic carbocycles. The van der Waals surface area contributed by atoms with Gasteiger partial charge in [-0.1, -0.05) is 24.3 Å². The lowest BCUT2D eigenvalue weighted by molar-refractivity contribution is -0.157. The summed E-state index contributed by atoms with van der Waals surface area (Å²) in [5.74, 6) is -2.72. The van der Waals surface area contributed by atoms with Crippen LogP contribution in [0.1, 0.15) is 97.6 Å². The van der Waals surface area contributed by atoms with E-state index in [1.165, 1.54) is 0 Å². The van der Waals surface area contributed by atoms with Crippen LogP contribution < -0.4 is 20.1 Å². The van der Waals surface area contributed by atoms with Gasteiger partial charge in [0.25, 0.3) is 0 Å². The Kier molecular flexibility index (Phi) is 48.7. The summed E-state index contributed by atoms with van der Waals surface area (Å²) in [6, 6.07) is 12.8. The molecule has 3 N–H and O–H groups in total. The second kappa shape index (κ2) is 54.3. The molecule has 536 valence electrons. The highest BCUT2D eigenvalue weighted by atomic mass is 16.6. The molecule has 0 spiro atoms. The maximum absolute atomic E-state index is 13.5. The van der Waals surface area contributed by atoms with Gasteiger partial charge in [0.2, 0.25) is 11.8 Å². The van der Waals surface area contributed by atoms with Crippen LogP contribution >= 0.6 is 0 Å². The van der Waals surface area contributed by atoms with Crippen LogP contribution in [0, 0.1) is 5.92 Å². The number of hydrogen-bond acceptors (Lipinski definition) is 24. The zero-order valence-corrected chi connectivity index (χ0v) is 56.7. The molecule has 2 aromatic rings. The van der Waals surface area contributed by atoms with Crippen LogP contribution in [0.4, 0.5) is 0 Å². The Morgan fingerprint density at radius 3 is 1.26 bits per heavy atom. The van der Waals surface area contributed by atoms with E-state index in [1.807, 2.05) is 20.8 Å². The van der Waals surface area contributed by atoms with E-state index in [-0.39, 0.29) is 140 Å². The van der Waals surface area contributed by atoms with Gasteiger partial charge in [-0.05, 0) is 103 Å². The van der Waals surface area contributed by atoms with Gasteiger partial charge in [0, 0.05) is 64.9 Å². The van der Waals surface area contributed by atoms with Crippen LogP contribution in [0.2, 0.25) is 0 Å². The fraction of sp³-hybridized carbons (Fsp3) is 0.716. The van der Waals surface area contributed by atoms with Crippen LogP contribution in [-0.2, 0) is 117 Å². The topological polar surface area (TPSA) is 321 Å². The van der Waals surface area contributed by atoms with Crippen molar-refractivity contribution >= 4 is 41.3 Å². The lowest BCUT2D eigenvalue weighted by Gasteiger charge is -2.19. The fourth-order valence-corrected chi connectivity index (χ4v) is 8.17. The molecule has 0 radical (unpaired) electrons. The number of esters is 2. The molecule has 94 heavy (non-hydrogen) atoms.